The summed E-state index contributed by atoms with van der Waals surface area (Å²) in [5.74, 6) is -3.32. The van der Waals surface area contributed by atoms with Gasteiger partial charge in [0.05, 0.1) is 5.69 Å². The van der Waals surface area contributed by atoms with Crippen molar-refractivity contribution >= 4 is 23.2 Å². The summed E-state index contributed by atoms with van der Waals surface area (Å²) < 4.78 is 67.9. The molecule has 10 heteroatoms. The number of amides is 1. The molecule has 0 aliphatic rings. The molecule has 0 fully saturated rings. The molecule has 0 saturated heterocycles. The van der Waals surface area contributed by atoms with Crippen molar-refractivity contribution in [3.05, 3.63) is 76.8 Å². The summed E-state index contributed by atoms with van der Waals surface area (Å²) in [7, 11) is 0. The topological polar surface area (TPSA) is 46.9 Å². The van der Waals surface area contributed by atoms with Crippen molar-refractivity contribution < 1.29 is 26.7 Å². The van der Waals surface area contributed by atoms with E-state index in [2.05, 4.69) is 4.98 Å². The van der Waals surface area contributed by atoms with E-state index in [0.29, 0.717) is 15.7 Å². The van der Waals surface area contributed by atoms with Gasteiger partial charge in [0.15, 0.2) is 11.4 Å². The molecule has 0 radical (unpaired) electrons. The fourth-order valence-electron chi connectivity index (χ4n) is 2.36. The third kappa shape index (κ3) is 3.92. The summed E-state index contributed by atoms with van der Waals surface area (Å²) in [6.45, 7) is 0. The van der Waals surface area contributed by atoms with Crippen LogP contribution in [-0.4, -0.2) is 15.5 Å². The Kier molecular flexibility index (Phi) is 4.88. The third-order valence-electron chi connectivity index (χ3n) is 3.54. The van der Waals surface area contributed by atoms with Gasteiger partial charge >= 0.3 is 6.18 Å². The second kappa shape index (κ2) is 6.99. The molecular formula is C17H9ClF5N3O. The summed E-state index contributed by atoms with van der Waals surface area (Å²) in [5, 5.41) is 2.28. The Morgan fingerprint density at radius 3 is 2.33 bits per heavy atom. The molecule has 0 unspecified atom stereocenters. The van der Waals surface area contributed by atoms with Crippen LogP contribution >= 0.6 is 11.6 Å². The van der Waals surface area contributed by atoms with Gasteiger partial charge in [-0.1, -0.05) is 11.6 Å². The van der Waals surface area contributed by atoms with Gasteiger partial charge in [0.1, 0.15) is 18.0 Å². The summed E-state index contributed by atoms with van der Waals surface area (Å²) in [4.78, 5) is 15.8. The first-order valence-corrected chi connectivity index (χ1v) is 7.71. The number of nitrogens with one attached hydrogen (secondary N) is 1. The van der Waals surface area contributed by atoms with Crippen LogP contribution in [0.25, 0.3) is 5.69 Å². The van der Waals surface area contributed by atoms with Crippen LogP contribution in [-0.2, 0) is 6.18 Å². The Hall–Kier alpha value is -2.94. The highest BCUT2D eigenvalue weighted by molar-refractivity contribution is 6.30. The number of hydrogen-bond acceptors (Lipinski definition) is 2. The number of nitrogens with zero attached hydrogens (tertiary/aromatic N) is 2. The van der Waals surface area contributed by atoms with Crippen molar-refractivity contribution in [2.75, 3.05) is 5.32 Å². The average Bonchev–Trinajstić information content (AvgIpc) is 3.03. The number of rotatable bonds is 3. The SMILES string of the molecule is O=C(Nc1ccc(F)cc1F)c1ncn(-c2ccc(Cl)cc2)c1C(F)(F)F. The second-order valence-electron chi connectivity index (χ2n) is 5.36. The maximum Gasteiger partial charge on any atom is 0.434 e. The number of halogens is 6. The van der Waals surface area contributed by atoms with Crippen LogP contribution in [0.15, 0.2) is 48.8 Å². The van der Waals surface area contributed by atoms with Crippen LogP contribution in [0.2, 0.25) is 5.02 Å². The van der Waals surface area contributed by atoms with Crippen molar-refractivity contribution in [3.8, 4) is 5.69 Å². The smallest absolute Gasteiger partial charge is 0.318 e. The molecule has 1 heterocycles. The normalized spacial score (nSPS) is 11.5. The molecule has 140 valence electrons. The third-order valence-corrected chi connectivity index (χ3v) is 3.79. The Labute approximate surface area is 154 Å². The van der Waals surface area contributed by atoms with E-state index in [-0.39, 0.29) is 5.69 Å². The molecule has 27 heavy (non-hydrogen) atoms. The molecule has 3 rings (SSSR count). The van der Waals surface area contributed by atoms with E-state index >= 15 is 0 Å². The summed E-state index contributed by atoms with van der Waals surface area (Å²) in [6.07, 6.45) is -4.11. The molecule has 0 aliphatic heterocycles. The van der Waals surface area contributed by atoms with Crippen LogP contribution in [0.4, 0.5) is 27.6 Å². The van der Waals surface area contributed by atoms with E-state index in [0.717, 1.165) is 18.5 Å². The van der Waals surface area contributed by atoms with Crippen LogP contribution in [0.5, 0.6) is 0 Å². The lowest BCUT2D eigenvalue weighted by Gasteiger charge is -2.13. The van der Waals surface area contributed by atoms with E-state index in [4.69, 9.17) is 11.6 Å². The first kappa shape index (κ1) is 18.8. The Morgan fingerprint density at radius 2 is 1.74 bits per heavy atom. The van der Waals surface area contributed by atoms with Gasteiger partial charge in [-0.05, 0) is 36.4 Å². The van der Waals surface area contributed by atoms with E-state index in [9.17, 15) is 26.7 Å². The molecule has 0 aliphatic carbocycles. The lowest BCUT2D eigenvalue weighted by molar-refractivity contribution is -0.142. The highest BCUT2D eigenvalue weighted by atomic mass is 35.5. The van der Waals surface area contributed by atoms with Gasteiger partial charge in [0.25, 0.3) is 5.91 Å². The Morgan fingerprint density at radius 1 is 1.07 bits per heavy atom. The van der Waals surface area contributed by atoms with E-state index < -0.39 is 40.8 Å². The van der Waals surface area contributed by atoms with Gasteiger partial charge in [-0.2, -0.15) is 13.2 Å². The van der Waals surface area contributed by atoms with Crippen molar-refractivity contribution in [3.63, 3.8) is 0 Å². The largest absolute Gasteiger partial charge is 0.434 e. The fraction of sp³-hybridized carbons (Fsp3) is 0.0588. The van der Waals surface area contributed by atoms with Gasteiger partial charge in [-0.25, -0.2) is 13.8 Å². The Bertz CT molecular complexity index is 999. The number of imidazole rings is 1. The number of alkyl halides is 3. The van der Waals surface area contributed by atoms with Crippen LogP contribution < -0.4 is 5.32 Å². The minimum Gasteiger partial charge on any atom is -0.318 e. The van der Waals surface area contributed by atoms with Crippen LogP contribution in [0.1, 0.15) is 16.2 Å². The van der Waals surface area contributed by atoms with Gasteiger partial charge in [0, 0.05) is 16.8 Å². The van der Waals surface area contributed by atoms with Crippen LogP contribution in [0, 0.1) is 11.6 Å². The molecule has 1 aromatic heterocycles. The molecule has 0 atom stereocenters. The number of anilines is 1. The maximum absolute atomic E-state index is 13.7. The van der Waals surface area contributed by atoms with E-state index in [1.165, 1.54) is 24.3 Å². The van der Waals surface area contributed by atoms with Gasteiger partial charge in [0.2, 0.25) is 0 Å². The zero-order valence-corrected chi connectivity index (χ0v) is 13.9. The average molecular weight is 402 g/mol. The monoisotopic (exact) mass is 401 g/mol. The quantitative estimate of drug-likeness (QED) is 0.622. The van der Waals surface area contributed by atoms with Gasteiger partial charge in [-0.15, -0.1) is 0 Å². The predicted molar refractivity (Wildman–Crippen MR) is 87.9 cm³/mol. The molecule has 1 N–H and O–H groups in total. The summed E-state index contributed by atoms with van der Waals surface area (Å²) in [6, 6.07) is 7.64. The number of aromatic nitrogens is 2. The molecule has 3 aromatic rings. The molecule has 0 saturated carbocycles. The summed E-state index contributed by atoms with van der Waals surface area (Å²) >= 11 is 5.73. The van der Waals surface area contributed by atoms with Crippen LogP contribution in [0.3, 0.4) is 0 Å². The lowest BCUT2D eigenvalue weighted by Crippen LogP contribution is -2.21. The van der Waals surface area contributed by atoms with Crippen molar-refractivity contribution in [1.82, 2.24) is 9.55 Å². The van der Waals surface area contributed by atoms with E-state index in [1.54, 1.807) is 0 Å². The zero-order chi connectivity index (χ0) is 19.8. The fourth-order valence-corrected chi connectivity index (χ4v) is 2.48. The van der Waals surface area contributed by atoms with Gasteiger partial charge in [-0.3, -0.25) is 9.36 Å². The van der Waals surface area contributed by atoms with E-state index in [1.807, 2.05) is 5.32 Å². The summed E-state index contributed by atoms with van der Waals surface area (Å²) in [5.41, 5.74) is -2.70. The Balaban J connectivity index is 2.02. The second-order valence-corrected chi connectivity index (χ2v) is 5.80. The molecule has 2 aromatic carbocycles. The number of carbonyl (C=O) groups is 1. The molecule has 4 nitrogen and oxygen atoms in total. The number of benzene rings is 2. The van der Waals surface area contributed by atoms with Crippen molar-refractivity contribution in [1.29, 1.82) is 0 Å². The minimum atomic E-state index is -4.93. The minimum absolute atomic E-state index is 0.0752. The number of hydrogen-bond donors (Lipinski definition) is 1. The van der Waals surface area contributed by atoms with Crippen molar-refractivity contribution in [2.24, 2.45) is 0 Å². The molecule has 0 spiro atoms. The highest BCUT2D eigenvalue weighted by Crippen LogP contribution is 2.34. The highest BCUT2D eigenvalue weighted by Gasteiger charge is 2.40. The maximum atomic E-state index is 13.7. The zero-order valence-electron chi connectivity index (χ0n) is 13.2. The predicted octanol–water partition coefficient (Wildman–Crippen LogP) is 5.08. The van der Waals surface area contributed by atoms with Crippen molar-refractivity contribution in [2.45, 2.75) is 6.18 Å². The number of carbonyl (C=O) groups excluding carboxylic acids is 1. The molecule has 0 bridgehead atoms. The lowest BCUT2D eigenvalue weighted by atomic mass is 10.2. The van der Waals surface area contributed by atoms with Gasteiger partial charge < -0.3 is 5.32 Å². The molecule has 1 amide bonds. The molecular weight excluding hydrogens is 393 g/mol. The standard InChI is InChI=1S/C17H9ClF5N3O/c18-9-1-4-11(5-2-9)26-8-24-14(15(26)17(21,22)23)16(27)25-13-6-3-10(19)7-12(13)20/h1-8H,(H,25,27). The first-order valence-electron chi connectivity index (χ1n) is 7.33. The first-order chi connectivity index (χ1) is 12.7.